The number of rotatable bonds is 6. The lowest BCUT2D eigenvalue weighted by Gasteiger charge is -2.14. The molecule has 0 fully saturated rings. The average molecular weight is 472 g/mol. The molecule has 0 unspecified atom stereocenters. The summed E-state index contributed by atoms with van der Waals surface area (Å²) in [6, 6.07) is 7.70. The molecule has 0 aliphatic carbocycles. The van der Waals surface area contributed by atoms with Gasteiger partial charge in [0.2, 0.25) is 0 Å². The summed E-state index contributed by atoms with van der Waals surface area (Å²) in [5.74, 6) is -0.263. The van der Waals surface area contributed by atoms with Crippen LogP contribution >= 0.6 is 0 Å². The monoisotopic (exact) mass is 471 g/mol. The number of anilines is 1. The van der Waals surface area contributed by atoms with Crippen molar-refractivity contribution < 1.29 is 10.2 Å². The molecule has 35 heavy (non-hydrogen) atoms. The Morgan fingerprint density at radius 1 is 1.20 bits per heavy atom. The van der Waals surface area contributed by atoms with Gasteiger partial charge in [0.25, 0.3) is 11.5 Å². The second-order valence-electron chi connectivity index (χ2n) is 9.22. The first-order chi connectivity index (χ1) is 16.6. The number of nitrogens with two attached hydrogens (primary N) is 2. The SMILES string of the molecule is Cc1cc(C)c(CNC(=O)c2cc(-c3cc(N)c(C=[NH2+])cn3)cc3c2c(C)cn3C(C)C)c(=O)[nH]1. The van der Waals surface area contributed by atoms with Crippen LogP contribution in [0.2, 0.25) is 0 Å². The predicted octanol–water partition coefficient (Wildman–Crippen LogP) is 2.59. The Morgan fingerprint density at radius 3 is 2.57 bits per heavy atom. The molecular formula is C27H31N6O2+. The molecule has 0 saturated carbocycles. The van der Waals surface area contributed by atoms with Gasteiger partial charge in [-0.2, -0.15) is 0 Å². The van der Waals surface area contributed by atoms with E-state index in [1.165, 1.54) is 6.21 Å². The highest BCUT2D eigenvalue weighted by Crippen LogP contribution is 2.33. The van der Waals surface area contributed by atoms with Crippen LogP contribution in [0, 0.1) is 20.8 Å². The van der Waals surface area contributed by atoms with Crippen LogP contribution in [-0.2, 0) is 6.54 Å². The van der Waals surface area contributed by atoms with Crippen LogP contribution in [-0.4, -0.2) is 26.7 Å². The van der Waals surface area contributed by atoms with Crippen molar-refractivity contribution in [1.82, 2.24) is 19.9 Å². The minimum Gasteiger partial charge on any atom is -0.398 e. The van der Waals surface area contributed by atoms with Gasteiger partial charge >= 0.3 is 0 Å². The largest absolute Gasteiger partial charge is 0.398 e. The highest BCUT2D eigenvalue weighted by Gasteiger charge is 2.20. The molecule has 0 spiro atoms. The van der Waals surface area contributed by atoms with Gasteiger partial charge in [-0.05, 0) is 70.0 Å². The van der Waals surface area contributed by atoms with Crippen LogP contribution in [0.15, 0.2) is 41.5 Å². The lowest BCUT2D eigenvalue weighted by Crippen LogP contribution is -2.30. The fraction of sp³-hybridized carbons (Fsp3) is 0.259. The number of hydrogen-bond acceptors (Lipinski definition) is 4. The van der Waals surface area contributed by atoms with Crippen molar-refractivity contribution in [3.63, 3.8) is 0 Å². The number of hydrogen-bond donors (Lipinski definition) is 4. The third-order valence-corrected chi connectivity index (χ3v) is 6.29. The fourth-order valence-electron chi connectivity index (χ4n) is 4.49. The number of carbonyl (C=O) groups excluding carboxylic acids is 1. The first-order valence-corrected chi connectivity index (χ1v) is 11.5. The lowest BCUT2D eigenvalue weighted by atomic mass is 9.99. The van der Waals surface area contributed by atoms with Gasteiger partial charge in [0, 0.05) is 64.0 Å². The maximum absolute atomic E-state index is 13.5. The summed E-state index contributed by atoms with van der Waals surface area (Å²) >= 11 is 0. The molecule has 3 heterocycles. The number of carbonyl (C=O) groups is 1. The molecule has 0 aliphatic heterocycles. The zero-order chi connectivity index (χ0) is 25.4. The van der Waals surface area contributed by atoms with Gasteiger partial charge in [0.05, 0.1) is 11.3 Å². The van der Waals surface area contributed by atoms with Gasteiger partial charge in [-0.3, -0.25) is 20.0 Å². The van der Waals surface area contributed by atoms with Crippen molar-refractivity contribution in [2.24, 2.45) is 0 Å². The van der Waals surface area contributed by atoms with Crippen molar-refractivity contribution in [3.05, 3.63) is 80.5 Å². The number of aromatic amines is 1. The molecular weight excluding hydrogens is 440 g/mol. The Bertz CT molecular complexity index is 1530. The smallest absolute Gasteiger partial charge is 0.253 e. The van der Waals surface area contributed by atoms with Crippen LogP contribution in [0.4, 0.5) is 5.69 Å². The third kappa shape index (κ3) is 4.47. The molecule has 0 atom stereocenters. The van der Waals surface area contributed by atoms with E-state index in [1.54, 1.807) is 12.3 Å². The maximum Gasteiger partial charge on any atom is 0.253 e. The van der Waals surface area contributed by atoms with E-state index >= 15 is 0 Å². The van der Waals surface area contributed by atoms with Crippen LogP contribution in [0.5, 0.6) is 0 Å². The number of nitrogens with one attached hydrogen (secondary N) is 2. The summed E-state index contributed by atoms with van der Waals surface area (Å²) in [6.45, 7) is 10.0. The van der Waals surface area contributed by atoms with Gasteiger partial charge in [-0.25, -0.2) is 0 Å². The lowest BCUT2D eigenvalue weighted by molar-refractivity contribution is -0.104. The average Bonchev–Trinajstić information content (AvgIpc) is 3.14. The molecule has 1 aromatic carbocycles. The van der Waals surface area contributed by atoms with Crippen molar-refractivity contribution in [1.29, 1.82) is 0 Å². The van der Waals surface area contributed by atoms with Crippen LogP contribution in [0.1, 0.15) is 58.2 Å². The normalized spacial score (nSPS) is 11.3. The number of fused-ring (bicyclic) bond motifs is 1. The van der Waals surface area contributed by atoms with Gasteiger partial charge in [-0.1, -0.05) is 0 Å². The van der Waals surface area contributed by atoms with E-state index < -0.39 is 0 Å². The molecule has 0 saturated heterocycles. The Kier molecular flexibility index (Phi) is 6.30. The summed E-state index contributed by atoms with van der Waals surface area (Å²) < 4.78 is 2.14. The Morgan fingerprint density at radius 2 is 1.94 bits per heavy atom. The molecule has 4 rings (SSSR count). The van der Waals surface area contributed by atoms with Crippen molar-refractivity contribution in [2.75, 3.05) is 5.73 Å². The Balaban J connectivity index is 1.83. The number of nitrogens with zero attached hydrogens (tertiary/aromatic N) is 2. The van der Waals surface area contributed by atoms with Crippen molar-refractivity contribution in [3.8, 4) is 11.3 Å². The molecule has 8 nitrogen and oxygen atoms in total. The number of aryl methyl sites for hydroxylation is 3. The molecule has 0 radical (unpaired) electrons. The zero-order valence-corrected chi connectivity index (χ0v) is 20.7. The summed E-state index contributed by atoms with van der Waals surface area (Å²) in [6.07, 6.45) is 5.09. The molecule has 1 amide bonds. The van der Waals surface area contributed by atoms with Gasteiger partial charge in [0.15, 0.2) is 6.21 Å². The van der Waals surface area contributed by atoms with E-state index in [0.29, 0.717) is 28.1 Å². The molecule has 180 valence electrons. The topological polar surface area (TPSA) is 131 Å². The molecule has 0 aliphatic rings. The maximum atomic E-state index is 13.5. The minimum absolute atomic E-state index is 0.127. The number of benzene rings is 1. The number of aromatic nitrogens is 3. The molecule has 4 aromatic rings. The van der Waals surface area contributed by atoms with E-state index in [-0.39, 0.29) is 24.1 Å². The van der Waals surface area contributed by atoms with Gasteiger partial charge < -0.3 is 20.6 Å². The highest BCUT2D eigenvalue weighted by atomic mass is 16.1. The quantitative estimate of drug-likeness (QED) is 0.322. The Labute approximate surface area is 203 Å². The fourth-order valence-corrected chi connectivity index (χ4v) is 4.49. The third-order valence-electron chi connectivity index (χ3n) is 6.29. The molecule has 6 N–H and O–H groups in total. The van der Waals surface area contributed by atoms with Crippen LogP contribution in [0.25, 0.3) is 22.2 Å². The standard InChI is InChI=1S/C27H30N6O2/c1-14(2)33-13-16(4)25-20(26(34)31-12-21-15(3)6-17(5)32-27(21)35)7-18(8-24(25)33)23-9-22(29)19(10-28)11-30-23/h6-11,13-14,28H,12H2,1-5H3,(H2,29,30)(H,31,34)(H,32,35)/p+1. The molecule has 8 heteroatoms. The first-order valence-electron chi connectivity index (χ1n) is 11.5. The zero-order valence-electron chi connectivity index (χ0n) is 20.7. The first kappa shape index (κ1) is 23.9. The minimum atomic E-state index is -0.263. The van der Waals surface area contributed by atoms with E-state index in [2.05, 4.69) is 39.9 Å². The van der Waals surface area contributed by atoms with E-state index in [4.69, 9.17) is 11.1 Å². The summed E-state index contributed by atoms with van der Waals surface area (Å²) in [5, 5.41) is 9.44. The van der Waals surface area contributed by atoms with Crippen LogP contribution in [0.3, 0.4) is 0 Å². The molecule has 0 bridgehead atoms. The van der Waals surface area contributed by atoms with Gasteiger partial charge in [0.1, 0.15) is 0 Å². The van der Waals surface area contributed by atoms with Crippen molar-refractivity contribution >= 4 is 28.7 Å². The van der Waals surface area contributed by atoms with Crippen LogP contribution < -0.4 is 22.0 Å². The number of H-pyrrole nitrogens is 1. The van der Waals surface area contributed by atoms with Crippen molar-refractivity contribution in [2.45, 2.75) is 47.2 Å². The Hall–Kier alpha value is -4.20. The summed E-state index contributed by atoms with van der Waals surface area (Å²) in [5.41, 5.74) is 13.1. The van der Waals surface area contributed by atoms with E-state index in [0.717, 1.165) is 33.3 Å². The summed E-state index contributed by atoms with van der Waals surface area (Å²) in [4.78, 5) is 33.3. The predicted molar refractivity (Wildman–Crippen MR) is 140 cm³/mol. The number of amides is 1. The summed E-state index contributed by atoms with van der Waals surface area (Å²) in [7, 11) is 0. The number of pyridine rings is 2. The molecule has 3 aromatic heterocycles. The second kappa shape index (κ2) is 9.21. The van der Waals surface area contributed by atoms with E-state index in [9.17, 15) is 9.59 Å². The highest BCUT2D eigenvalue weighted by molar-refractivity contribution is 6.09. The second-order valence-corrected chi connectivity index (χ2v) is 9.22. The van der Waals surface area contributed by atoms with Gasteiger partial charge in [-0.15, -0.1) is 0 Å². The van der Waals surface area contributed by atoms with E-state index in [1.807, 2.05) is 39.0 Å². The number of nitrogen functional groups attached to an aromatic ring is 1.